The van der Waals surface area contributed by atoms with Crippen LogP contribution in [0.1, 0.15) is 0 Å². The predicted octanol–water partition coefficient (Wildman–Crippen LogP) is 1.18. The molecule has 3 aromatic rings. The number of primary sulfonamides is 1. The first-order valence-corrected chi connectivity index (χ1v) is 9.63. The maximum absolute atomic E-state index is 11.5. The van der Waals surface area contributed by atoms with Crippen LogP contribution in [0, 0.1) is 0 Å². The third-order valence-electron chi connectivity index (χ3n) is 4.24. The SMILES string of the molecule is NS(=O)(=O)c1cncc(-c2ccc3ncc(N4CCOCC4)nc3c2)c1. The van der Waals surface area contributed by atoms with E-state index in [1.807, 2.05) is 18.2 Å². The average Bonchev–Trinajstić information content (AvgIpc) is 2.67. The molecule has 1 aromatic carbocycles. The van der Waals surface area contributed by atoms with Gasteiger partial charge in [-0.3, -0.25) is 9.97 Å². The quantitative estimate of drug-likeness (QED) is 0.736. The Labute approximate surface area is 150 Å². The van der Waals surface area contributed by atoms with Crippen molar-refractivity contribution in [1.29, 1.82) is 0 Å². The lowest BCUT2D eigenvalue weighted by atomic mass is 10.1. The van der Waals surface area contributed by atoms with Gasteiger partial charge in [-0.1, -0.05) is 6.07 Å². The molecular weight excluding hydrogens is 354 g/mol. The lowest BCUT2D eigenvalue weighted by Gasteiger charge is -2.27. The molecule has 2 N–H and O–H groups in total. The van der Waals surface area contributed by atoms with Crippen molar-refractivity contribution >= 4 is 26.9 Å². The maximum atomic E-state index is 11.5. The zero-order chi connectivity index (χ0) is 18.1. The van der Waals surface area contributed by atoms with Crippen LogP contribution in [0.3, 0.4) is 0 Å². The number of benzene rings is 1. The Morgan fingerprint density at radius 3 is 2.58 bits per heavy atom. The van der Waals surface area contributed by atoms with Gasteiger partial charge >= 0.3 is 0 Å². The molecule has 0 bridgehead atoms. The lowest BCUT2D eigenvalue weighted by molar-refractivity contribution is 0.122. The monoisotopic (exact) mass is 371 g/mol. The fourth-order valence-electron chi connectivity index (χ4n) is 2.86. The lowest BCUT2D eigenvalue weighted by Crippen LogP contribution is -2.36. The van der Waals surface area contributed by atoms with Gasteiger partial charge in [0, 0.05) is 31.0 Å². The number of morpholine rings is 1. The van der Waals surface area contributed by atoms with Gasteiger partial charge in [0.05, 0.1) is 30.4 Å². The summed E-state index contributed by atoms with van der Waals surface area (Å²) in [7, 11) is -3.81. The summed E-state index contributed by atoms with van der Waals surface area (Å²) in [5, 5.41) is 5.19. The Kier molecular flexibility index (Phi) is 4.27. The first-order chi connectivity index (χ1) is 12.5. The van der Waals surface area contributed by atoms with Crippen LogP contribution in [0.15, 0.2) is 47.8 Å². The van der Waals surface area contributed by atoms with E-state index in [4.69, 9.17) is 14.9 Å². The second-order valence-corrected chi connectivity index (χ2v) is 7.55. The van der Waals surface area contributed by atoms with Crippen molar-refractivity contribution in [3.8, 4) is 11.1 Å². The Balaban J connectivity index is 1.75. The van der Waals surface area contributed by atoms with Gasteiger partial charge in [-0.05, 0) is 23.8 Å². The molecule has 0 aliphatic carbocycles. The molecule has 134 valence electrons. The molecule has 0 spiro atoms. The third kappa shape index (κ3) is 3.36. The Bertz CT molecular complexity index is 1060. The van der Waals surface area contributed by atoms with Gasteiger partial charge in [0.2, 0.25) is 10.0 Å². The van der Waals surface area contributed by atoms with Gasteiger partial charge in [-0.25, -0.2) is 18.5 Å². The highest BCUT2D eigenvalue weighted by molar-refractivity contribution is 7.89. The molecule has 0 saturated carbocycles. The number of pyridine rings is 1. The van der Waals surface area contributed by atoms with E-state index in [0.29, 0.717) is 18.8 Å². The minimum Gasteiger partial charge on any atom is -0.378 e. The van der Waals surface area contributed by atoms with Gasteiger partial charge < -0.3 is 9.64 Å². The van der Waals surface area contributed by atoms with E-state index in [9.17, 15) is 8.42 Å². The number of nitrogens with two attached hydrogens (primary N) is 1. The number of hydrogen-bond acceptors (Lipinski definition) is 7. The zero-order valence-corrected chi connectivity index (χ0v) is 14.7. The molecule has 1 aliphatic heterocycles. The Morgan fingerprint density at radius 2 is 1.81 bits per heavy atom. The summed E-state index contributed by atoms with van der Waals surface area (Å²) in [6.45, 7) is 2.90. The fraction of sp³-hybridized carbons (Fsp3) is 0.235. The molecular formula is C17H17N5O3S. The van der Waals surface area contributed by atoms with E-state index in [-0.39, 0.29) is 4.90 Å². The summed E-state index contributed by atoms with van der Waals surface area (Å²) < 4.78 is 28.5. The molecule has 3 heterocycles. The van der Waals surface area contributed by atoms with Crippen molar-refractivity contribution in [1.82, 2.24) is 15.0 Å². The van der Waals surface area contributed by atoms with Crippen LogP contribution < -0.4 is 10.0 Å². The van der Waals surface area contributed by atoms with E-state index in [1.54, 1.807) is 12.4 Å². The highest BCUT2D eigenvalue weighted by Gasteiger charge is 2.14. The van der Waals surface area contributed by atoms with E-state index in [0.717, 1.165) is 35.5 Å². The number of sulfonamides is 1. The van der Waals surface area contributed by atoms with Crippen LogP contribution >= 0.6 is 0 Å². The van der Waals surface area contributed by atoms with Crippen LogP contribution in [0.2, 0.25) is 0 Å². The molecule has 2 aromatic heterocycles. The first kappa shape index (κ1) is 16.8. The van der Waals surface area contributed by atoms with E-state index >= 15 is 0 Å². The van der Waals surface area contributed by atoms with Crippen molar-refractivity contribution in [3.63, 3.8) is 0 Å². The maximum Gasteiger partial charge on any atom is 0.239 e. The van der Waals surface area contributed by atoms with E-state index in [1.165, 1.54) is 12.3 Å². The molecule has 1 aliphatic rings. The third-order valence-corrected chi connectivity index (χ3v) is 5.12. The molecule has 1 saturated heterocycles. The number of hydrogen-bond donors (Lipinski definition) is 1. The zero-order valence-electron chi connectivity index (χ0n) is 13.9. The van der Waals surface area contributed by atoms with E-state index < -0.39 is 10.0 Å². The molecule has 0 radical (unpaired) electrons. The van der Waals surface area contributed by atoms with Crippen LogP contribution in [0.5, 0.6) is 0 Å². The van der Waals surface area contributed by atoms with Crippen molar-refractivity contribution in [2.24, 2.45) is 5.14 Å². The van der Waals surface area contributed by atoms with Crippen molar-refractivity contribution in [3.05, 3.63) is 42.9 Å². The highest BCUT2D eigenvalue weighted by atomic mass is 32.2. The second kappa shape index (κ2) is 6.60. The standard InChI is InChI=1S/C17H17N5O3S/c18-26(23,24)14-7-13(9-19-10-14)12-1-2-15-16(8-12)21-17(11-20-15)22-3-5-25-6-4-22/h1-2,7-11H,3-6H2,(H2,18,23,24). The summed E-state index contributed by atoms with van der Waals surface area (Å²) in [6.07, 6.45) is 4.59. The molecule has 9 heteroatoms. The number of rotatable bonds is 3. The number of fused-ring (bicyclic) bond motifs is 1. The van der Waals surface area contributed by atoms with Gasteiger partial charge in [-0.2, -0.15) is 0 Å². The van der Waals surface area contributed by atoms with Crippen LogP contribution in [0.25, 0.3) is 22.2 Å². The van der Waals surface area contributed by atoms with Crippen molar-refractivity contribution in [2.45, 2.75) is 4.90 Å². The number of ether oxygens (including phenoxy) is 1. The Hall–Kier alpha value is -2.62. The molecule has 0 amide bonds. The number of anilines is 1. The molecule has 1 fully saturated rings. The molecule has 4 rings (SSSR count). The summed E-state index contributed by atoms with van der Waals surface area (Å²) in [4.78, 5) is 15.3. The van der Waals surface area contributed by atoms with Crippen LogP contribution in [-0.4, -0.2) is 49.7 Å². The molecule has 8 nitrogen and oxygen atoms in total. The summed E-state index contributed by atoms with van der Waals surface area (Å²) in [5.41, 5.74) is 2.94. The largest absolute Gasteiger partial charge is 0.378 e. The first-order valence-electron chi connectivity index (χ1n) is 8.08. The predicted molar refractivity (Wildman–Crippen MR) is 97.2 cm³/mol. The summed E-state index contributed by atoms with van der Waals surface area (Å²) in [6, 6.07) is 7.08. The van der Waals surface area contributed by atoms with Crippen LogP contribution in [0.4, 0.5) is 5.82 Å². The number of nitrogens with zero attached hydrogens (tertiary/aromatic N) is 4. The minimum absolute atomic E-state index is 0.0248. The second-order valence-electron chi connectivity index (χ2n) is 5.99. The normalized spacial score (nSPS) is 15.3. The van der Waals surface area contributed by atoms with E-state index in [2.05, 4.69) is 14.9 Å². The smallest absolute Gasteiger partial charge is 0.239 e. The topological polar surface area (TPSA) is 111 Å². The summed E-state index contributed by atoms with van der Waals surface area (Å²) in [5.74, 6) is 0.800. The van der Waals surface area contributed by atoms with Gasteiger partial charge in [0.15, 0.2) is 0 Å². The van der Waals surface area contributed by atoms with Crippen molar-refractivity contribution < 1.29 is 13.2 Å². The fourth-order valence-corrected chi connectivity index (χ4v) is 3.36. The highest BCUT2D eigenvalue weighted by Crippen LogP contribution is 2.25. The molecule has 26 heavy (non-hydrogen) atoms. The van der Waals surface area contributed by atoms with Crippen molar-refractivity contribution in [2.75, 3.05) is 31.2 Å². The Morgan fingerprint density at radius 1 is 1.00 bits per heavy atom. The van der Waals surface area contributed by atoms with Gasteiger partial charge in [0.1, 0.15) is 10.7 Å². The van der Waals surface area contributed by atoms with Crippen LogP contribution in [-0.2, 0) is 14.8 Å². The summed E-state index contributed by atoms with van der Waals surface area (Å²) >= 11 is 0. The van der Waals surface area contributed by atoms with Gasteiger partial charge in [0.25, 0.3) is 0 Å². The molecule has 0 unspecified atom stereocenters. The minimum atomic E-state index is -3.81. The average molecular weight is 371 g/mol. The molecule has 0 atom stereocenters. The van der Waals surface area contributed by atoms with Gasteiger partial charge in [-0.15, -0.1) is 0 Å². The number of aromatic nitrogens is 3.